The number of hydrogen-bond donors (Lipinski definition) is 1. The Labute approximate surface area is 112 Å². The van der Waals surface area contributed by atoms with Gasteiger partial charge >= 0.3 is 0 Å². The van der Waals surface area contributed by atoms with Gasteiger partial charge in [-0.3, -0.25) is 4.90 Å². The Morgan fingerprint density at radius 1 is 1.56 bits per heavy atom. The van der Waals surface area contributed by atoms with Crippen LogP contribution >= 0.6 is 11.3 Å². The van der Waals surface area contributed by atoms with E-state index in [0.29, 0.717) is 12.1 Å². The highest BCUT2D eigenvalue weighted by atomic mass is 32.1. The van der Waals surface area contributed by atoms with Crippen molar-refractivity contribution in [2.24, 2.45) is 0 Å². The van der Waals surface area contributed by atoms with Crippen molar-refractivity contribution in [2.45, 2.75) is 44.9 Å². The average Bonchev–Trinajstić information content (AvgIpc) is 2.99. The van der Waals surface area contributed by atoms with Gasteiger partial charge in [-0.2, -0.15) is 0 Å². The van der Waals surface area contributed by atoms with Crippen molar-refractivity contribution in [1.82, 2.24) is 9.88 Å². The zero-order chi connectivity index (χ0) is 12.4. The van der Waals surface area contributed by atoms with Crippen molar-refractivity contribution in [3.63, 3.8) is 0 Å². The lowest BCUT2D eigenvalue weighted by molar-refractivity contribution is -0.0585. The summed E-state index contributed by atoms with van der Waals surface area (Å²) in [7, 11) is 0. The number of ether oxygens (including phenoxy) is 1. The van der Waals surface area contributed by atoms with Gasteiger partial charge in [0.15, 0.2) is 5.13 Å². The highest BCUT2D eigenvalue weighted by Gasteiger charge is 2.35. The van der Waals surface area contributed by atoms with E-state index in [4.69, 9.17) is 4.74 Å². The summed E-state index contributed by atoms with van der Waals surface area (Å²) in [4.78, 5) is 8.35. The molecule has 1 aliphatic carbocycles. The number of rotatable bonds is 4. The molecule has 18 heavy (non-hydrogen) atoms. The van der Waals surface area contributed by atoms with E-state index in [2.05, 4.69) is 22.1 Å². The maximum Gasteiger partial charge on any atom is 0.182 e. The van der Waals surface area contributed by atoms with Gasteiger partial charge in [0.05, 0.1) is 12.7 Å². The zero-order valence-corrected chi connectivity index (χ0v) is 11.7. The minimum absolute atomic E-state index is 0.486. The number of morpholine rings is 1. The van der Waals surface area contributed by atoms with Crippen LogP contribution in [-0.4, -0.2) is 41.7 Å². The first-order chi connectivity index (χ1) is 8.86. The maximum absolute atomic E-state index is 5.85. The van der Waals surface area contributed by atoms with Gasteiger partial charge in [-0.15, -0.1) is 11.3 Å². The van der Waals surface area contributed by atoms with E-state index in [-0.39, 0.29) is 0 Å². The molecule has 1 aromatic heterocycles. The van der Waals surface area contributed by atoms with E-state index in [9.17, 15) is 0 Å². The Balaban J connectivity index is 1.63. The number of anilines is 1. The Morgan fingerprint density at radius 2 is 2.50 bits per heavy atom. The van der Waals surface area contributed by atoms with Crippen LogP contribution in [0.1, 0.15) is 31.1 Å². The molecular formula is C13H21N3OS. The van der Waals surface area contributed by atoms with E-state index in [1.807, 2.05) is 6.20 Å². The lowest BCUT2D eigenvalue weighted by Crippen LogP contribution is -2.47. The van der Waals surface area contributed by atoms with Gasteiger partial charge in [0.25, 0.3) is 0 Å². The van der Waals surface area contributed by atoms with Gasteiger partial charge in [-0.05, 0) is 26.2 Å². The molecule has 2 atom stereocenters. The average molecular weight is 267 g/mol. The largest absolute Gasteiger partial charge is 0.375 e. The molecule has 2 heterocycles. The molecule has 2 fully saturated rings. The molecule has 100 valence electrons. The summed E-state index contributed by atoms with van der Waals surface area (Å²) in [5.41, 5.74) is 0. The second-order valence-corrected chi connectivity index (χ2v) is 6.16. The molecule has 4 nitrogen and oxygen atoms in total. The Morgan fingerprint density at radius 3 is 3.39 bits per heavy atom. The van der Waals surface area contributed by atoms with Gasteiger partial charge in [0, 0.05) is 36.8 Å². The first-order valence-electron chi connectivity index (χ1n) is 6.91. The second-order valence-electron chi connectivity index (χ2n) is 5.04. The fourth-order valence-electron chi connectivity index (χ4n) is 3.02. The van der Waals surface area contributed by atoms with Gasteiger partial charge in [-0.25, -0.2) is 4.98 Å². The standard InChI is InChI=1S/C13H21N3OS/c1-2-14-13-15-8-10(18-13)9-16-6-7-17-12-5-3-4-11(12)16/h8,11-12H,2-7,9H2,1H3,(H,14,15). The van der Waals surface area contributed by atoms with Crippen LogP contribution < -0.4 is 5.32 Å². The van der Waals surface area contributed by atoms with Crippen LogP contribution in [0.15, 0.2) is 6.20 Å². The van der Waals surface area contributed by atoms with E-state index in [0.717, 1.165) is 31.4 Å². The predicted octanol–water partition coefficient (Wildman–Crippen LogP) is 2.33. The number of nitrogens with one attached hydrogen (secondary N) is 1. The van der Waals surface area contributed by atoms with E-state index in [1.165, 1.54) is 24.1 Å². The minimum Gasteiger partial charge on any atom is -0.375 e. The van der Waals surface area contributed by atoms with Gasteiger partial charge < -0.3 is 10.1 Å². The maximum atomic E-state index is 5.85. The number of fused-ring (bicyclic) bond motifs is 1. The third-order valence-corrected chi connectivity index (χ3v) is 4.78. The molecule has 0 aromatic carbocycles. The first-order valence-corrected chi connectivity index (χ1v) is 7.72. The molecule has 0 bridgehead atoms. The molecular weight excluding hydrogens is 246 g/mol. The number of nitrogens with zero attached hydrogens (tertiary/aromatic N) is 2. The molecule has 0 amide bonds. The fraction of sp³-hybridized carbons (Fsp3) is 0.769. The normalized spacial score (nSPS) is 28.3. The van der Waals surface area contributed by atoms with Crippen molar-refractivity contribution in [1.29, 1.82) is 0 Å². The molecule has 1 saturated heterocycles. The monoisotopic (exact) mass is 267 g/mol. The van der Waals surface area contributed by atoms with Crippen molar-refractivity contribution in [2.75, 3.05) is 25.0 Å². The fourth-order valence-corrected chi connectivity index (χ4v) is 3.92. The van der Waals surface area contributed by atoms with Crippen LogP contribution in [-0.2, 0) is 11.3 Å². The molecule has 2 aliphatic rings. The van der Waals surface area contributed by atoms with Crippen LogP contribution in [0.4, 0.5) is 5.13 Å². The lowest BCUT2D eigenvalue weighted by Gasteiger charge is -2.37. The minimum atomic E-state index is 0.486. The number of aromatic nitrogens is 1. The molecule has 1 N–H and O–H groups in total. The van der Waals surface area contributed by atoms with Gasteiger partial charge in [-0.1, -0.05) is 0 Å². The van der Waals surface area contributed by atoms with Gasteiger partial charge in [0.2, 0.25) is 0 Å². The Kier molecular flexibility index (Phi) is 3.82. The van der Waals surface area contributed by atoms with E-state index < -0.39 is 0 Å². The number of thiazole rings is 1. The molecule has 0 radical (unpaired) electrons. The zero-order valence-electron chi connectivity index (χ0n) is 10.9. The topological polar surface area (TPSA) is 37.4 Å². The van der Waals surface area contributed by atoms with E-state index in [1.54, 1.807) is 11.3 Å². The van der Waals surface area contributed by atoms with Crippen molar-refractivity contribution < 1.29 is 4.74 Å². The Bertz CT molecular complexity index is 395. The molecule has 0 spiro atoms. The van der Waals surface area contributed by atoms with Crippen LogP contribution in [0.5, 0.6) is 0 Å². The second kappa shape index (κ2) is 5.55. The molecule has 3 rings (SSSR count). The van der Waals surface area contributed by atoms with Crippen LogP contribution in [0.3, 0.4) is 0 Å². The van der Waals surface area contributed by atoms with Crippen molar-refractivity contribution in [3.05, 3.63) is 11.1 Å². The van der Waals surface area contributed by atoms with Gasteiger partial charge in [0.1, 0.15) is 0 Å². The summed E-state index contributed by atoms with van der Waals surface area (Å²) in [5.74, 6) is 0. The van der Waals surface area contributed by atoms with E-state index >= 15 is 0 Å². The summed E-state index contributed by atoms with van der Waals surface area (Å²) < 4.78 is 5.85. The smallest absolute Gasteiger partial charge is 0.182 e. The van der Waals surface area contributed by atoms with Crippen LogP contribution in [0.25, 0.3) is 0 Å². The van der Waals surface area contributed by atoms with Crippen LogP contribution in [0.2, 0.25) is 0 Å². The van der Waals surface area contributed by atoms with Crippen molar-refractivity contribution in [3.8, 4) is 0 Å². The Hall–Kier alpha value is -0.650. The first kappa shape index (κ1) is 12.4. The third-order valence-electron chi connectivity index (χ3n) is 3.84. The molecule has 2 unspecified atom stereocenters. The SMILES string of the molecule is CCNc1ncc(CN2CCOC3CCCC32)s1. The summed E-state index contributed by atoms with van der Waals surface area (Å²) in [6.07, 6.45) is 6.36. The third kappa shape index (κ3) is 2.53. The lowest BCUT2D eigenvalue weighted by atomic mass is 10.1. The molecule has 1 aromatic rings. The molecule has 1 aliphatic heterocycles. The summed E-state index contributed by atoms with van der Waals surface area (Å²) in [6.45, 7) is 6.03. The molecule has 5 heteroatoms. The van der Waals surface area contributed by atoms with Crippen LogP contribution in [0, 0.1) is 0 Å². The van der Waals surface area contributed by atoms with Crippen molar-refractivity contribution >= 4 is 16.5 Å². The molecule has 1 saturated carbocycles. The number of hydrogen-bond acceptors (Lipinski definition) is 5. The quantitative estimate of drug-likeness (QED) is 0.908. The highest BCUT2D eigenvalue weighted by Crippen LogP contribution is 2.31. The summed E-state index contributed by atoms with van der Waals surface area (Å²) in [5, 5.41) is 4.32. The highest BCUT2D eigenvalue weighted by molar-refractivity contribution is 7.15. The summed E-state index contributed by atoms with van der Waals surface area (Å²) in [6, 6.07) is 0.642. The predicted molar refractivity (Wildman–Crippen MR) is 74.1 cm³/mol. The summed E-state index contributed by atoms with van der Waals surface area (Å²) >= 11 is 1.78.